The van der Waals surface area contributed by atoms with Gasteiger partial charge in [0.1, 0.15) is 6.29 Å². The van der Waals surface area contributed by atoms with Crippen LogP contribution < -0.4 is 0 Å². The van der Waals surface area contributed by atoms with E-state index in [2.05, 4.69) is 6.08 Å². The smallest absolute Gasteiger partial charge is 0.119 e. The van der Waals surface area contributed by atoms with Gasteiger partial charge in [0.05, 0.1) is 0 Å². The normalized spacial score (nSPS) is 18.0. The minimum absolute atomic E-state index is 0.739. The third-order valence-electron chi connectivity index (χ3n) is 3.20. The molecule has 1 rings (SSSR count). The molecule has 1 saturated carbocycles. The molecule has 0 amide bonds. The highest BCUT2D eigenvalue weighted by Gasteiger charge is 2.02. The molecule has 0 radical (unpaired) electrons. The Labute approximate surface area is 93.9 Å². The van der Waals surface area contributed by atoms with Gasteiger partial charge in [-0.15, -0.1) is 0 Å². The van der Waals surface area contributed by atoms with E-state index in [1.807, 2.05) is 0 Å². The molecule has 0 aromatic heterocycles. The predicted octanol–water partition coefficient (Wildman–Crippen LogP) is 4.42. The van der Waals surface area contributed by atoms with Gasteiger partial charge in [-0.1, -0.05) is 30.9 Å². The van der Waals surface area contributed by atoms with Gasteiger partial charge < -0.3 is 4.79 Å². The average molecular weight is 208 g/mol. The van der Waals surface area contributed by atoms with Gasteiger partial charge in [0.15, 0.2) is 0 Å². The summed E-state index contributed by atoms with van der Waals surface area (Å²) in [5.41, 5.74) is 1.68. The first kappa shape index (κ1) is 12.5. The fourth-order valence-electron chi connectivity index (χ4n) is 2.24. The molecule has 1 heteroatoms. The van der Waals surface area contributed by atoms with Crippen molar-refractivity contribution in [3.05, 3.63) is 11.6 Å². The van der Waals surface area contributed by atoms with E-state index < -0.39 is 0 Å². The topological polar surface area (TPSA) is 17.1 Å². The van der Waals surface area contributed by atoms with Crippen molar-refractivity contribution in [2.45, 2.75) is 70.6 Å². The van der Waals surface area contributed by atoms with Gasteiger partial charge in [-0.25, -0.2) is 0 Å². The molecule has 0 aromatic rings. The van der Waals surface area contributed by atoms with Gasteiger partial charge in [0, 0.05) is 6.42 Å². The van der Waals surface area contributed by atoms with Crippen molar-refractivity contribution in [1.29, 1.82) is 0 Å². The fourth-order valence-corrected chi connectivity index (χ4v) is 2.24. The quantitative estimate of drug-likeness (QED) is 0.371. The van der Waals surface area contributed by atoms with Crippen LogP contribution in [0.3, 0.4) is 0 Å². The number of aldehydes is 1. The second kappa shape index (κ2) is 8.70. The van der Waals surface area contributed by atoms with Crippen LogP contribution in [-0.2, 0) is 4.79 Å². The van der Waals surface area contributed by atoms with Crippen molar-refractivity contribution in [2.24, 2.45) is 0 Å². The maximum Gasteiger partial charge on any atom is 0.119 e. The molecule has 0 N–H and O–H groups in total. The molecule has 0 saturated heterocycles. The van der Waals surface area contributed by atoms with Crippen LogP contribution in [0.25, 0.3) is 0 Å². The molecule has 0 heterocycles. The summed E-state index contributed by atoms with van der Waals surface area (Å²) in [6, 6.07) is 0. The van der Waals surface area contributed by atoms with Gasteiger partial charge in [-0.3, -0.25) is 0 Å². The first-order valence-electron chi connectivity index (χ1n) is 6.55. The molecule has 15 heavy (non-hydrogen) atoms. The largest absolute Gasteiger partial charge is 0.303 e. The SMILES string of the molecule is O=CCCCCC=C1CCCCCCC1. The lowest BCUT2D eigenvalue weighted by molar-refractivity contribution is -0.107. The van der Waals surface area contributed by atoms with E-state index >= 15 is 0 Å². The molecule has 0 spiro atoms. The van der Waals surface area contributed by atoms with Crippen molar-refractivity contribution in [3.8, 4) is 0 Å². The number of rotatable bonds is 5. The molecule has 1 aliphatic rings. The van der Waals surface area contributed by atoms with Gasteiger partial charge >= 0.3 is 0 Å². The summed E-state index contributed by atoms with van der Waals surface area (Å²) >= 11 is 0. The second-order valence-corrected chi connectivity index (χ2v) is 4.58. The minimum Gasteiger partial charge on any atom is -0.303 e. The zero-order chi connectivity index (χ0) is 10.8. The van der Waals surface area contributed by atoms with Gasteiger partial charge in [-0.05, 0) is 44.9 Å². The first-order chi connectivity index (χ1) is 7.43. The Morgan fingerprint density at radius 3 is 2.13 bits per heavy atom. The van der Waals surface area contributed by atoms with E-state index in [1.54, 1.807) is 5.57 Å². The average Bonchev–Trinajstić information content (AvgIpc) is 2.20. The van der Waals surface area contributed by atoms with E-state index in [-0.39, 0.29) is 0 Å². The summed E-state index contributed by atoms with van der Waals surface area (Å²) in [4.78, 5) is 10.1. The standard InChI is InChI=1S/C14H24O/c15-13-9-5-4-8-12-14-10-6-2-1-3-7-11-14/h12-13H,1-11H2. The maximum absolute atomic E-state index is 10.1. The monoisotopic (exact) mass is 208 g/mol. The van der Waals surface area contributed by atoms with Crippen LogP contribution in [0.1, 0.15) is 70.6 Å². The Morgan fingerprint density at radius 2 is 1.47 bits per heavy atom. The minimum atomic E-state index is 0.739. The molecule has 86 valence electrons. The lowest BCUT2D eigenvalue weighted by Gasteiger charge is -2.11. The second-order valence-electron chi connectivity index (χ2n) is 4.58. The number of carbonyl (C=O) groups is 1. The summed E-state index contributed by atoms with van der Waals surface area (Å²) in [6.07, 6.45) is 17.3. The third kappa shape index (κ3) is 6.48. The molecule has 0 aliphatic heterocycles. The highest BCUT2D eigenvalue weighted by molar-refractivity contribution is 5.48. The van der Waals surface area contributed by atoms with Crippen molar-refractivity contribution < 1.29 is 4.79 Å². The number of hydrogen-bond acceptors (Lipinski definition) is 1. The Bertz CT molecular complexity index is 184. The molecule has 1 nitrogen and oxygen atoms in total. The molecular formula is C14H24O. The van der Waals surface area contributed by atoms with E-state index in [0.29, 0.717) is 0 Å². The zero-order valence-electron chi connectivity index (χ0n) is 9.84. The lowest BCUT2D eigenvalue weighted by atomic mass is 9.95. The van der Waals surface area contributed by atoms with Gasteiger partial charge in [0.25, 0.3) is 0 Å². The summed E-state index contributed by atoms with van der Waals surface area (Å²) in [7, 11) is 0. The van der Waals surface area contributed by atoms with Crippen molar-refractivity contribution in [2.75, 3.05) is 0 Å². The molecule has 1 aliphatic carbocycles. The molecular weight excluding hydrogens is 184 g/mol. The Kier molecular flexibility index (Phi) is 7.24. The molecule has 0 unspecified atom stereocenters. The fraction of sp³-hybridized carbons (Fsp3) is 0.786. The number of allylic oxidation sites excluding steroid dienone is 2. The lowest BCUT2D eigenvalue weighted by Crippen LogP contribution is -1.92. The van der Waals surface area contributed by atoms with Crippen LogP contribution in [0.5, 0.6) is 0 Å². The Morgan fingerprint density at radius 1 is 0.867 bits per heavy atom. The van der Waals surface area contributed by atoms with E-state index in [0.717, 1.165) is 19.1 Å². The van der Waals surface area contributed by atoms with E-state index in [1.165, 1.54) is 57.8 Å². The number of hydrogen-bond donors (Lipinski definition) is 0. The van der Waals surface area contributed by atoms with Crippen molar-refractivity contribution in [3.63, 3.8) is 0 Å². The van der Waals surface area contributed by atoms with Crippen LogP contribution in [-0.4, -0.2) is 6.29 Å². The molecule has 0 bridgehead atoms. The molecule has 0 aromatic carbocycles. The van der Waals surface area contributed by atoms with Crippen LogP contribution in [0.4, 0.5) is 0 Å². The molecule has 1 fully saturated rings. The number of carbonyl (C=O) groups excluding carboxylic acids is 1. The Balaban J connectivity index is 2.14. The first-order valence-corrected chi connectivity index (χ1v) is 6.55. The van der Waals surface area contributed by atoms with Crippen LogP contribution in [0.2, 0.25) is 0 Å². The highest BCUT2D eigenvalue weighted by atomic mass is 16.1. The van der Waals surface area contributed by atoms with Crippen molar-refractivity contribution in [1.82, 2.24) is 0 Å². The predicted molar refractivity (Wildman–Crippen MR) is 64.9 cm³/mol. The van der Waals surface area contributed by atoms with Crippen molar-refractivity contribution >= 4 is 6.29 Å². The van der Waals surface area contributed by atoms with E-state index in [9.17, 15) is 4.79 Å². The zero-order valence-corrected chi connectivity index (χ0v) is 9.84. The van der Waals surface area contributed by atoms with Gasteiger partial charge in [-0.2, -0.15) is 0 Å². The Hall–Kier alpha value is -0.590. The molecule has 0 atom stereocenters. The van der Waals surface area contributed by atoms with Crippen LogP contribution in [0.15, 0.2) is 11.6 Å². The summed E-state index contributed by atoms with van der Waals surface area (Å²) in [5, 5.41) is 0. The summed E-state index contributed by atoms with van der Waals surface area (Å²) in [5.74, 6) is 0. The van der Waals surface area contributed by atoms with Crippen LogP contribution >= 0.6 is 0 Å². The highest BCUT2D eigenvalue weighted by Crippen LogP contribution is 2.22. The third-order valence-corrected chi connectivity index (χ3v) is 3.20. The van der Waals surface area contributed by atoms with Gasteiger partial charge in [0.2, 0.25) is 0 Å². The van der Waals surface area contributed by atoms with E-state index in [4.69, 9.17) is 0 Å². The summed E-state index contributed by atoms with van der Waals surface area (Å²) in [6.45, 7) is 0. The number of unbranched alkanes of at least 4 members (excludes halogenated alkanes) is 3. The maximum atomic E-state index is 10.1. The van der Waals surface area contributed by atoms with Crippen LogP contribution in [0, 0.1) is 0 Å². The summed E-state index contributed by atoms with van der Waals surface area (Å²) < 4.78 is 0.